The highest BCUT2D eigenvalue weighted by molar-refractivity contribution is 6.33. The van der Waals surface area contributed by atoms with Gasteiger partial charge in [-0.3, -0.25) is 14.9 Å². The molecule has 0 aliphatic rings. The molecule has 0 aliphatic heterocycles. The Hall–Kier alpha value is -3.13. The Morgan fingerprint density at radius 1 is 1.18 bits per heavy atom. The van der Waals surface area contributed by atoms with E-state index in [1.807, 2.05) is 32.0 Å². The molecule has 28 heavy (non-hydrogen) atoms. The Bertz CT molecular complexity index is 900. The maximum Gasteiger partial charge on any atom is 0.340 e. The van der Waals surface area contributed by atoms with Crippen LogP contribution in [0, 0.1) is 24.0 Å². The van der Waals surface area contributed by atoms with Crippen molar-refractivity contribution in [2.24, 2.45) is 0 Å². The molecule has 2 aromatic rings. The lowest BCUT2D eigenvalue weighted by atomic mass is 10.1. The summed E-state index contributed by atoms with van der Waals surface area (Å²) in [5.41, 5.74) is 1.83. The van der Waals surface area contributed by atoms with Crippen LogP contribution in [-0.2, 0) is 9.53 Å². The van der Waals surface area contributed by atoms with Crippen LogP contribution >= 0.6 is 11.6 Å². The van der Waals surface area contributed by atoms with Crippen LogP contribution in [0.1, 0.15) is 21.5 Å². The third-order valence-electron chi connectivity index (χ3n) is 3.73. The second-order valence-electron chi connectivity index (χ2n) is 5.96. The summed E-state index contributed by atoms with van der Waals surface area (Å²) in [6.45, 7) is 3.92. The number of nitrogens with one attached hydrogen (secondary N) is 1. The van der Waals surface area contributed by atoms with Crippen molar-refractivity contribution in [1.82, 2.24) is 5.32 Å². The monoisotopic (exact) mass is 406 g/mol. The van der Waals surface area contributed by atoms with E-state index in [9.17, 15) is 19.7 Å². The summed E-state index contributed by atoms with van der Waals surface area (Å²) in [4.78, 5) is 33.7. The molecule has 148 valence electrons. The van der Waals surface area contributed by atoms with Crippen LogP contribution in [0.3, 0.4) is 0 Å². The van der Waals surface area contributed by atoms with Crippen LogP contribution in [0.2, 0.25) is 5.02 Å². The van der Waals surface area contributed by atoms with Gasteiger partial charge >= 0.3 is 5.97 Å². The zero-order valence-corrected chi connectivity index (χ0v) is 16.1. The molecule has 0 fully saturated rings. The van der Waals surface area contributed by atoms with Crippen LogP contribution in [-0.4, -0.2) is 36.6 Å². The van der Waals surface area contributed by atoms with Crippen molar-refractivity contribution in [2.45, 2.75) is 13.8 Å². The van der Waals surface area contributed by atoms with Gasteiger partial charge in [-0.15, -0.1) is 0 Å². The van der Waals surface area contributed by atoms with E-state index in [1.54, 1.807) is 0 Å². The lowest BCUT2D eigenvalue weighted by molar-refractivity contribution is -0.384. The number of ether oxygens (including phenoxy) is 2. The summed E-state index contributed by atoms with van der Waals surface area (Å²) in [5.74, 6) is -0.615. The lowest BCUT2D eigenvalue weighted by Crippen LogP contribution is -2.32. The van der Waals surface area contributed by atoms with Crippen molar-refractivity contribution in [3.05, 3.63) is 68.2 Å². The Balaban J connectivity index is 1.74. The summed E-state index contributed by atoms with van der Waals surface area (Å²) in [7, 11) is 0. The number of rotatable bonds is 8. The van der Waals surface area contributed by atoms with Gasteiger partial charge in [0.2, 0.25) is 0 Å². The zero-order valence-electron chi connectivity index (χ0n) is 15.4. The van der Waals surface area contributed by atoms with Crippen LogP contribution in [0.25, 0.3) is 0 Å². The van der Waals surface area contributed by atoms with Crippen molar-refractivity contribution < 1.29 is 24.0 Å². The third-order valence-corrected chi connectivity index (χ3v) is 4.04. The van der Waals surface area contributed by atoms with Gasteiger partial charge in [0.15, 0.2) is 6.61 Å². The highest BCUT2D eigenvalue weighted by atomic mass is 35.5. The molecule has 9 heteroatoms. The normalized spacial score (nSPS) is 10.2. The first-order chi connectivity index (χ1) is 13.3. The van der Waals surface area contributed by atoms with Crippen LogP contribution in [0.4, 0.5) is 5.69 Å². The molecule has 0 aromatic heterocycles. The summed E-state index contributed by atoms with van der Waals surface area (Å²) in [5, 5.41) is 13.1. The van der Waals surface area contributed by atoms with Crippen molar-refractivity contribution in [3.63, 3.8) is 0 Å². The van der Waals surface area contributed by atoms with Crippen LogP contribution in [0.5, 0.6) is 5.75 Å². The molecule has 2 aromatic carbocycles. The zero-order chi connectivity index (χ0) is 20.7. The highest BCUT2D eigenvalue weighted by Gasteiger charge is 2.17. The Morgan fingerprint density at radius 3 is 2.57 bits per heavy atom. The molecule has 0 saturated carbocycles. The Labute approximate surface area is 166 Å². The number of carbonyl (C=O) groups excluding carboxylic acids is 2. The molecule has 0 radical (unpaired) electrons. The van der Waals surface area contributed by atoms with E-state index in [0.29, 0.717) is 0 Å². The number of carbonyl (C=O) groups is 2. The fourth-order valence-electron chi connectivity index (χ4n) is 2.36. The summed E-state index contributed by atoms with van der Waals surface area (Å²) in [6, 6.07) is 9.15. The van der Waals surface area contributed by atoms with Gasteiger partial charge in [-0.1, -0.05) is 29.3 Å². The first kappa shape index (κ1) is 21.2. The molecule has 1 amide bonds. The minimum absolute atomic E-state index is 0.0572. The summed E-state index contributed by atoms with van der Waals surface area (Å²) < 4.78 is 10.5. The predicted molar refractivity (Wildman–Crippen MR) is 103 cm³/mol. The topological polar surface area (TPSA) is 108 Å². The van der Waals surface area contributed by atoms with E-state index in [0.717, 1.165) is 29.0 Å². The number of aryl methyl sites for hydroxylation is 2. The van der Waals surface area contributed by atoms with Gasteiger partial charge in [0.05, 0.1) is 22.1 Å². The number of non-ortho nitro benzene ring substituents is 1. The predicted octanol–water partition coefficient (Wildman–Crippen LogP) is 3.22. The van der Waals surface area contributed by atoms with E-state index in [2.05, 4.69) is 5.32 Å². The first-order valence-electron chi connectivity index (χ1n) is 8.35. The number of esters is 1. The van der Waals surface area contributed by atoms with Gasteiger partial charge < -0.3 is 14.8 Å². The van der Waals surface area contributed by atoms with Gasteiger partial charge in [0.25, 0.3) is 11.6 Å². The number of halogens is 1. The molecule has 2 rings (SSSR count). The third kappa shape index (κ3) is 5.95. The molecular formula is C19H19ClN2O6. The molecule has 0 heterocycles. The van der Waals surface area contributed by atoms with Crippen molar-refractivity contribution in [2.75, 3.05) is 19.8 Å². The standard InChI is InChI=1S/C19H19ClN2O6/c1-12-3-6-17(13(2)9-12)27-8-7-21-18(23)11-28-19(24)15-5-4-14(22(25)26)10-16(15)20/h3-6,9-10H,7-8,11H2,1-2H3,(H,21,23). The second kappa shape index (κ2) is 9.70. The SMILES string of the molecule is Cc1ccc(OCCNC(=O)COC(=O)c2ccc([N+](=O)[O-])cc2Cl)c(C)c1. The largest absolute Gasteiger partial charge is 0.491 e. The maximum absolute atomic E-state index is 11.9. The minimum atomic E-state index is -0.846. The minimum Gasteiger partial charge on any atom is -0.491 e. The van der Waals surface area contributed by atoms with E-state index in [4.69, 9.17) is 21.1 Å². The molecule has 1 N–H and O–H groups in total. The van der Waals surface area contributed by atoms with Gasteiger partial charge in [-0.25, -0.2) is 4.79 Å². The van der Waals surface area contributed by atoms with Gasteiger partial charge in [-0.05, 0) is 31.5 Å². The fraction of sp³-hybridized carbons (Fsp3) is 0.263. The fourth-order valence-corrected chi connectivity index (χ4v) is 2.61. The number of benzene rings is 2. The number of hydrogen-bond acceptors (Lipinski definition) is 6. The first-order valence-corrected chi connectivity index (χ1v) is 8.73. The number of nitrogens with zero attached hydrogens (tertiary/aromatic N) is 1. The lowest BCUT2D eigenvalue weighted by Gasteiger charge is -2.11. The molecular weight excluding hydrogens is 388 g/mol. The number of nitro benzene ring substituents is 1. The van der Waals surface area contributed by atoms with E-state index in [-0.39, 0.29) is 29.4 Å². The molecule has 0 spiro atoms. The maximum atomic E-state index is 11.9. The van der Waals surface area contributed by atoms with Crippen LogP contribution in [0.15, 0.2) is 36.4 Å². The summed E-state index contributed by atoms with van der Waals surface area (Å²) in [6.07, 6.45) is 0. The number of nitro groups is 1. The molecule has 8 nitrogen and oxygen atoms in total. The van der Waals surface area contributed by atoms with Crippen molar-refractivity contribution in [1.29, 1.82) is 0 Å². The Kier molecular flexibility index (Phi) is 7.34. The molecule has 0 unspecified atom stereocenters. The quantitative estimate of drug-likeness (QED) is 0.312. The average Bonchev–Trinajstić information content (AvgIpc) is 2.64. The van der Waals surface area contributed by atoms with Crippen molar-refractivity contribution >= 4 is 29.2 Å². The highest BCUT2D eigenvalue weighted by Crippen LogP contribution is 2.23. The smallest absolute Gasteiger partial charge is 0.340 e. The van der Waals surface area contributed by atoms with Crippen LogP contribution < -0.4 is 10.1 Å². The Morgan fingerprint density at radius 2 is 1.93 bits per heavy atom. The van der Waals surface area contributed by atoms with E-state index in [1.165, 1.54) is 6.07 Å². The summed E-state index contributed by atoms with van der Waals surface area (Å²) >= 11 is 5.84. The van der Waals surface area contributed by atoms with Gasteiger partial charge in [0.1, 0.15) is 12.4 Å². The van der Waals surface area contributed by atoms with E-state index >= 15 is 0 Å². The van der Waals surface area contributed by atoms with Gasteiger partial charge in [-0.2, -0.15) is 0 Å². The van der Waals surface area contributed by atoms with Crippen molar-refractivity contribution in [3.8, 4) is 5.75 Å². The number of amides is 1. The molecule has 0 atom stereocenters. The second-order valence-corrected chi connectivity index (χ2v) is 6.37. The molecule has 0 bridgehead atoms. The molecule has 0 aliphatic carbocycles. The number of hydrogen-bond donors (Lipinski definition) is 1. The van der Waals surface area contributed by atoms with Gasteiger partial charge in [0, 0.05) is 12.1 Å². The average molecular weight is 407 g/mol. The van der Waals surface area contributed by atoms with E-state index < -0.39 is 23.4 Å². The molecule has 0 saturated heterocycles.